The van der Waals surface area contributed by atoms with Crippen LogP contribution >= 0.6 is 11.3 Å². The molecule has 0 aliphatic carbocycles. The van der Waals surface area contributed by atoms with Gasteiger partial charge < -0.3 is 0 Å². The van der Waals surface area contributed by atoms with E-state index in [-0.39, 0.29) is 18.9 Å². The molecule has 1 aliphatic rings. The first-order valence-electron chi connectivity index (χ1n) is 6.13. The van der Waals surface area contributed by atoms with Crippen LogP contribution in [0.4, 0.5) is 5.13 Å². The molecule has 1 amide bonds. The van der Waals surface area contributed by atoms with E-state index in [0.717, 1.165) is 11.3 Å². The fraction of sp³-hybridized carbons (Fsp3) is 0.250. The maximum atomic E-state index is 11.9. The molecule has 110 valence electrons. The van der Waals surface area contributed by atoms with Gasteiger partial charge in [-0.15, -0.1) is 11.3 Å². The second-order valence-corrected chi connectivity index (χ2v) is 7.35. The van der Waals surface area contributed by atoms with E-state index in [1.54, 1.807) is 12.4 Å². The average Bonchev–Trinajstić information content (AvgIpc) is 3.05. The third kappa shape index (κ3) is 2.80. The van der Waals surface area contributed by atoms with Gasteiger partial charge in [0.15, 0.2) is 5.13 Å². The van der Waals surface area contributed by atoms with Gasteiger partial charge in [0, 0.05) is 36.3 Å². The maximum Gasteiger partial charge on any atom is 0.230 e. The van der Waals surface area contributed by atoms with Crippen LogP contribution < -0.4 is 10.0 Å². The number of thiazole rings is 1. The van der Waals surface area contributed by atoms with Gasteiger partial charge in [-0.3, -0.25) is 14.7 Å². The number of carbonyl (C=O) groups excluding carboxylic acids is 1. The van der Waals surface area contributed by atoms with Gasteiger partial charge in [-0.05, 0) is 12.1 Å². The first-order chi connectivity index (χ1) is 9.95. The normalized spacial score (nSPS) is 19.2. The number of hydrogen-bond donors (Lipinski definition) is 1. The average molecular weight is 324 g/mol. The maximum absolute atomic E-state index is 11.9. The van der Waals surface area contributed by atoms with Crippen molar-refractivity contribution >= 4 is 32.4 Å². The molecule has 2 N–H and O–H groups in total. The predicted octanol–water partition coefficient (Wildman–Crippen LogP) is 0.599. The first-order valence-corrected chi connectivity index (χ1v) is 8.62. The van der Waals surface area contributed by atoms with E-state index in [9.17, 15) is 13.2 Å². The Bertz CT molecular complexity index is 773. The molecule has 1 unspecified atom stereocenters. The summed E-state index contributed by atoms with van der Waals surface area (Å²) in [5.41, 5.74) is 1.62. The highest BCUT2D eigenvalue weighted by Crippen LogP contribution is 2.30. The monoisotopic (exact) mass is 324 g/mol. The number of primary sulfonamides is 1. The largest absolute Gasteiger partial charge is 0.287 e. The fourth-order valence-electron chi connectivity index (χ4n) is 2.12. The quantitative estimate of drug-likeness (QED) is 0.890. The minimum atomic E-state index is -3.72. The van der Waals surface area contributed by atoms with Gasteiger partial charge in [0.2, 0.25) is 15.9 Å². The Morgan fingerprint density at radius 3 is 2.67 bits per heavy atom. The number of nitrogens with two attached hydrogens (primary N) is 1. The van der Waals surface area contributed by atoms with Crippen molar-refractivity contribution in [1.29, 1.82) is 0 Å². The van der Waals surface area contributed by atoms with E-state index < -0.39 is 15.3 Å². The lowest BCUT2D eigenvalue weighted by Crippen LogP contribution is -2.32. The van der Waals surface area contributed by atoms with Crippen LogP contribution in [-0.4, -0.2) is 36.1 Å². The standard InChI is InChI=1S/C12H12N4O3S2/c13-21(18,19)9-5-11(17)16(6-9)12-15-10(7-20-12)8-1-3-14-4-2-8/h1-4,7,9H,5-6H2,(H2,13,18,19). The SMILES string of the molecule is NS(=O)(=O)C1CC(=O)N(c2nc(-c3ccncc3)cs2)C1. The molecule has 0 radical (unpaired) electrons. The van der Waals surface area contributed by atoms with E-state index in [0.29, 0.717) is 5.13 Å². The zero-order valence-electron chi connectivity index (χ0n) is 10.8. The van der Waals surface area contributed by atoms with Crippen molar-refractivity contribution in [2.24, 2.45) is 5.14 Å². The third-order valence-corrected chi connectivity index (χ3v) is 5.36. The van der Waals surface area contributed by atoms with Gasteiger partial charge in [-0.1, -0.05) is 0 Å². The number of hydrogen-bond acceptors (Lipinski definition) is 6. The van der Waals surface area contributed by atoms with Crippen molar-refractivity contribution in [3.8, 4) is 11.3 Å². The van der Waals surface area contributed by atoms with Gasteiger partial charge in [0.25, 0.3) is 0 Å². The van der Waals surface area contributed by atoms with Crippen LogP contribution in [0.5, 0.6) is 0 Å². The summed E-state index contributed by atoms with van der Waals surface area (Å²) in [5.74, 6) is -0.273. The second-order valence-electron chi connectivity index (χ2n) is 4.67. The molecule has 2 aromatic heterocycles. The molecule has 7 nitrogen and oxygen atoms in total. The molecule has 1 fully saturated rings. The number of anilines is 1. The predicted molar refractivity (Wildman–Crippen MR) is 79.2 cm³/mol. The molecule has 3 rings (SSSR count). The van der Waals surface area contributed by atoms with Crippen molar-refractivity contribution in [2.45, 2.75) is 11.7 Å². The summed E-state index contributed by atoms with van der Waals surface area (Å²) >= 11 is 1.30. The van der Waals surface area contributed by atoms with E-state index >= 15 is 0 Å². The van der Waals surface area contributed by atoms with Crippen LogP contribution in [0, 0.1) is 0 Å². The van der Waals surface area contributed by atoms with Gasteiger partial charge in [0.05, 0.1) is 5.69 Å². The molecule has 0 saturated carbocycles. The van der Waals surface area contributed by atoms with Gasteiger partial charge >= 0.3 is 0 Å². The van der Waals surface area contributed by atoms with Crippen LogP contribution in [-0.2, 0) is 14.8 Å². The molecular formula is C12H12N4O3S2. The highest BCUT2D eigenvalue weighted by Gasteiger charge is 2.38. The lowest BCUT2D eigenvalue weighted by molar-refractivity contribution is -0.117. The number of carbonyl (C=O) groups is 1. The third-order valence-electron chi connectivity index (χ3n) is 3.25. The van der Waals surface area contributed by atoms with E-state index in [4.69, 9.17) is 5.14 Å². The molecule has 1 saturated heterocycles. The van der Waals surface area contributed by atoms with Crippen LogP contribution in [0.25, 0.3) is 11.3 Å². The summed E-state index contributed by atoms with van der Waals surface area (Å²) < 4.78 is 22.7. The Morgan fingerprint density at radius 2 is 2.05 bits per heavy atom. The Hall–Kier alpha value is -1.84. The smallest absolute Gasteiger partial charge is 0.230 e. The summed E-state index contributed by atoms with van der Waals surface area (Å²) in [4.78, 5) is 21.6. The van der Waals surface area contributed by atoms with Crippen molar-refractivity contribution in [1.82, 2.24) is 9.97 Å². The highest BCUT2D eigenvalue weighted by atomic mass is 32.2. The number of rotatable bonds is 3. The Labute approximate surface area is 125 Å². The van der Waals surface area contributed by atoms with Crippen molar-refractivity contribution < 1.29 is 13.2 Å². The van der Waals surface area contributed by atoms with Gasteiger partial charge in [0.1, 0.15) is 5.25 Å². The summed E-state index contributed by atoms with van der Waals surface area (Å²) in [6.45, 7) is 0.0565. The number of sulfonamides is 1. The zero-order valence-corrected chi connectivity index (χ0v) is 12.5. The molecule has 3 heterocycles. The highest BCUT2D eigenvalue weighted by molar-refractivity contribution is 7.89. The fourth-order valence-corrected chi connectivity index (χ4v) is 3.72. The molecule has 21 heavy (non-hydrogen) atoms. The lowest BCUT2D eigenvalue weighted by atomic mass is 10.2. The van der Waals surface area contributed by atoms with Gasteiger partial charge in [-0.2, -0.15) is 0 Å². The summed E-state index contributed by atoms with van der Waals surface area (Å²) in [5, 5.41) is 6.55. The second kappa shape index (κ2) is 5.17. The molecule has 2 aromatic rings. The van der Waals surface area contributed by atoms with Crippen molar-refractivity contribution in [3.05, 3.63) is 29.9 Å². The minimum Gasteiger partial charge on any atom is -0.287 e. The van der Waals surface area contributed by atoms with E-state index in [1.807, 2.05) is 17.5 Å². The molecule has 1 atom stereocenters. The molecule has 1 aliphatic heterocycles. The molecule has 0 spiro atoms. The summed E-state index contributed by atoms with van der Waals surface area (Å²) in [7, 11) is -3.72. The van der Waals surface area contributed by atoms with Crippen molar-refractivity contribution in [2.75, 3.05) is 11.4 Å². The number of pyridine rings is 1. The first kappa shape index (κ1) is 14.1. The van der Waals surface area contributed by atoms with Crippen molar-refractivity contribution in [3.63, 3.8) is 0 Å². The van der Waals surface area contributed by atoms with Crippen LogP contribution in [0.3, 0.4) is 0 Å². The molecule has 0 aromatic carbocycles. The van der Waals surface area contributed by atoms with Crippen LogP contribution in [0.1, 0.15) is 6.42 Å². The molecule has 9 heteroatoms. The molecular weight excluding hydrogens is 312 g/mol. The Kier molecular flexibility index (Phi) is 3.47. The zero-order chi connectivity index (χ0) is 15.0. The van der Waals surface area contributed by atoms with Crippen LogP contribution in [0.2, 0.25) is 0 Å². The minimum absolute atomic E-state index is 0.0565. The Morgan fingerprint density at radius 1 is 1.33 bits per heavy atom. The van der Waals surface area contributed by atoms with E-state index in [2.05, 4.69) is 9.97 Å². The number of amides is 1. The van der Waals surface area contributed by atoms with Gasteiger partial charge in [-0.25, -0.2) is 18.5 Å². The number of aromatic nitrogens is 2. The lowest BCUT2D eigenvalue weighted by Gasteiger charge is -2.11. The molecule has 0 bridgehead atoms. The topological polar surface area (TPSA) is 106 Å². The summed E-state index contributed by atoms with van der Waals surface area (Å²) in [6, 6.07) is 3.63. The number of nitrogens with zero attached hydrogens (tertiary/aromatic N) is 3. The van der Waals surface area contributed by atoms with E-state index in [1.165, 1.54) is 16.2 Å². The Balaban J connectivity index is 1.86. The summed E-state index contributed by atoms with van der Waals surface area (Å²) in [6.07, 6.45) is 3.22. The van der Waals surface area contributed by atoms with Crippen LogP contribution in [0.15, 0.2) is 29.9 Å².